The number of fused-ring (bicyclic) bond motifs is 2. The van der Waals surface area contributed by atoms with Gasteiger partial charge in [0.1, 0.15) is 0 Å². The van der Waals surface area contributed by atoms with E-state index in [1.807, 2.05) is 0 Å². The standard InChI is InChI=1S/2C23H25.C3H6.2ClH.Hf/c2*1-16(2)17-10-12-19(13-11-17)22-9-5-8-20-14-21(15-23(20)22)18-6-3-4-7-18;1-3-2;;;/h2*5,8-16,18H,3-4,6-7H2,1-2H3;1-3H2;2*1H;/q2*-1;-2;;;/p-2. The van der Waals surface area contributed by atoms with Gasteiger partial charge in [-0.1, -0.05) is 125 Å². The summed E-state index contributed by atoms with van der Waals surface area (Å²) in [7, 11) is 0. The van der Waals surface area contributed by atoms with Crippen molar-refractivity contribution >= 4 is 21.5 Å². The van der Waals surface area contributed by atoms with Gasteiger partial charge in [-0.05, 0) is 71.6 Å². The van der Waals surface area contributed by atoms with E-state index in [0.29, 0.717) is 11.8 Å². The normalized spacial score (nSPS) is 14.3. The van der Waals surface area contributed by atoms with Crippen molar-refractivity contribution in [2.45, 2.75) is 109 Å². The number of hydrogen-bond donors (Lipinski definition) is 0. The van der Waals surface area contributed by atoms with Crippen LogP contribution in [0.3, 0.4) is 0 Å². The Morgan fingerprint density at radius 3 is 1.17 bits per heavy atom. The maximum atomic E-state index is 3.38. The van der Waals surface area contributed by atoms with Crippen LogP contribution >= 0.6 is 0 Å². The van der Waals surface area contributed by atoms with Gasteiger partial charge in [0.15, 0.2) is 0 Å². The molecule has 2 aliphatic rings. The molecule has 0 unspecified atom stereocenters. The molecule has 2 fully saturated rings. The molecule has 0 radical (unpaired) electrons. The van der Waals surface area contributed by atoms with E-state index in [-0.39, 0.29) is 50.7 Å². The Balaban J connectivity index is 0.000000248. The van der Waals surface area contributed by atoms with E-state index >= 15 is 0 Å². The summed E-state index contributed by atoms with van der Waals surface area (Å²) in [4.78, 5) is 0. The third kappa shape index (κ3) is 10.4. The molecule has 0 N–H and O–H groups in total. The minimum absolute atomic E-state index is 0. The summed E-state index contributed by atoms with van der Waals surface area (Å²) in [6.07, 6.45) is 11.8. The first-order valence-electron chi connectivity index (χ1n) is 19.0. The SMILES string of the molecule is CC(C)c1ccc(-c2cccc3[cH-]c(C4CCCC4)cc23)cc1.CC(C)c1ccc(-c2cccc3[cH-]c(C4CCCC4)cc23)cc1.[CH2-]C[CH2-].[Cl-].[Cl-].[Hf]. The Labute approximate surface area is 346 Å². The maximum absolute atomic E-state index is 3.38. The van der Waals surface area contributed by atoms with Gasteiger partial charge in [-0.2, -0.15) is 12.1 Å². The number of rotatable bonds is 6. The number of benzene rings is 4. The fraction of sp³-hybridized carbons (Fsp3) is 0.347. The van der Waals surface area contributed by atoms with Crippen molar-refractivity contribution in [1.29, 1.82) is 0 Å². The predicted octanol–water partition coefficient (Wildman–Crippen LogP) is 9.06. The molecule has 0 saturated heterocycles. The van der Waals surface area contributed by atoms with Crippen molar-refractivity contribution in [3.63, 3.8) is 0 Å². The van der Waals surface area contributed by atoms with Crippen molar-refractivity contribution in [3.8, 4) is 22.3 Å². The minimum Gasteiger partial charge on any atom is -1.00 e. The fourth-order valence-electron chi connectivity index (χ4n) is 8.10. The average Bonchev–Trinajstić information content (AvgIpc) is 3.95. The molecule has 0 bridgehead atoms. The molecule has 0 aromatic heterocycles. The van der Waals surface area contributed by atoms with Crippen LogP contribution in [0.25, 0.3) is 43.8 Å². The summed E-state index contributed by atoms with van der Waals surface area (Å²) in [5.41, 5.74) is 11.4. The molecule has 0 aliphatic heterocycles. The van der Waals surface area contributed by atoms with Gasteiger partial charge in [0.25, 0.3) is 0 Å². The summed E-state index contributed by atoms with van der Waals surface area (Å²) in [5.74, 6) is 2.76. The fourth-order valence-corrected chi connectivity index (χ4v) is 8.10. The van der Waals surface area contributed by atoms with E-state index in [2.05, 4.69) is 151 Å². The molecule has 0 nitrogen and oxygen atoms in total. The smallest absolute Gasteiger partial charge is 0 e. The van der Waals surface area contributed by atoms with Gasteiger partial charge in [-0.15, -0.1) is 69.1 Å². The molecule has 52 heavy (non-hydrogen) atoms. The van der Waals surface area contributed by atoms with Crippen LogP contribution in [0.2, 0.25) is 0 Å². The third-order valence-electron chi connectivity index (χ3n) is 11.0. The summed E-state index contributed by atoms with van der Waals surface area (Å²) in [6, 6.07) is 41.5. The second kappa shape index (κ2) is 20.9. The van der Waals surface area contributed by atoms with Crippen molar-refractivity contribution in [3.05, 3.63) is 145 Å². The van der Waals surface area contributed by atoms with Gasteiger partial charge in [0, 0.05) is 25.8 Å². The Morgan fingerprint density at radius 2 is 0.865 bits per heavy atom. The zero-order valence-corrected chi connectivity index (χ0v) is 36.8. The van der Waals surface area contributed by atoms with Crippen LogP contribution in [0.5, 0.6) is 0 Å². The monoisotopic (exact) mass is 894 g/mol. The molecule has 3 heteroatoms. The Morgan fingerprint density at radius 1 is 0.538 bits per heavy atom. The predicted molar refractivity (Wildman–Crippen MR) is 216 cm³/mol. The summed E-state index contributed by atoms with van der Waals surface area (Å²) in [5, 5.41) is 5.65. The second-order valence-corrected chi connectivity index (χ2v) is 15.1. The molecule has 6 aromatic carbocycles. The average molecular weight is 894 g/mol. The Bertz CT molecular complexity index is 1770. The maximum Gasteiger partial charge on any atom is 0 e. The molecule has 276 valence electrons. The zero-order chi connectivity index (χ0) is 34.3. The van der Waals surface area contributed by atoms with Gasteiger partial charge < -0.3 is 45.1 Å². The first-order valence-corrected chi connectivity index (χ1v) is 19.0. The van der Waals surface area contributed by atoms with E-state index in [1.54, 1.807) is 11.1 Å². The van der Waals surface area contributed by atoms with Gasteiger partial charge in [-0.25, -0.2) is 0 Å². The second-order valence-electron chi connectivity index (χ2n) is 15.1. The van der Waals surface area contributed by atoms with Crippen LogP contribution in [-0.4, -0.2) is 0 Å². The summed E-state index contributed by atoms with van der Waals surface area (Å²) in [6.45, 7) is 15.8. The van der Waals surface area contributed by atoms with Crippen LogP contribution in [0, 0.1) is 13.8 Å². The largest absolute Gasteiger partial charge is 1.00 e. The molecule has 0 atom stereocenters. The molecule has 0 heterocycles. The first kappa shape index (κ1) is 44.0. The van der Waals surface area contributed by atoms with Gasteiger partial charge in [-0.3, -0.25) is 0 Å². The van der Waals surface area contributed by atoms with Crippen molar-refractivity contribution in [1.82, 2.24) is 0 Å². The Hall–Kier alpha value is -2.45. The van der Waals surface area contributed by atoms with Crippen molar-refractivity contribution in [2.75, 3.05) is 0 Å². The van der Waals surface area contributed by atoms with Crippen LogP contribution < -0.4 is 24.8 Å². The van der Waals surface area contributed by atoms with Crippen LogP contribution in [0.15, 0.2) is 109 Å². The van der Waals surface area contributed by atoms with Gasteiger partial charge in [0.05, 0.1) is 0 Å². The summed E-state index contributed by atoms with van der Waals surface area (Å²) < 4.78 is 0. The quantitative estimate of drug-likeness (QED) is 0.116. The van der Waals surface area contributed by atoms with E-state index in [9.17, 15) is 0 Å². The zero-order valence-electron chi connectivity index (χ0n) is 31.7. The molecular weight excluding hydrogens is 838 g/mol. The van der Waals surface area contributed by atoms with E-state index in [0.717, 1.165) is 18.3 Å². The molecule has 0 amide bonds. The molecule has 2 aliphatic carbocycles. The third-order valence-corrected chi connectivity index (χ3v) is 11.0. The number of hydrogen-bond acceptors (Lipinski definition) is 0. The number of halogens is 2. The van der Waals surface area contributed by atoms with Crippen molar-refractivity contribution < 1.29 is 50.7 Å². The van der Waals surface area contributed by atoms with E-state index in [4.69, 9.17) is 0 Å². The molecular formula is C49H56Cl2Hf-6. The molecule has 6 aromatic rings. The van der Waals surface area contributed by atoms with Crippen molar-refractivity contribution in [2.24, 2.45) is 0 Å². The topological polar surface area (TPSA) is 0 Å². The first-order chi connectivity index (χ1) is 23.9. The molecule has 2 saturated carbocycles. The Kier molecular flexibility index (Phi) is 17.6. The van der Waals surface area contributed by atoms with Crippen LogP contribution in [0.4, 0.5) is 0 Å². The summed E-state index contributed by atoms with van der Waals surface area (Å²) >= 11 is 0. The van der Waals surface area contributed by atoms with Gasteiger partial charge >= 0.3 is 0 Å². The van der Waals surface area contributed by atoms with E-state index in [1.165, 1.54) is 106 Å². The van der Waals surface area contributed by atoms with Crippen LogP contribution in [0.1, 0.15) is 131 Å². The molecule has 8 rings (SSSR count). The van der Waals surface area contributed by atoms with E-state index < -0.39 is 0 Å². The minimum atomic E-state index is 0. The van der Waals surface area contributed by atoms with Crippen LogP contribution in [-0.2, 0) is 25.8 Å². The molecule has 0 spiro atoms. The van der Waals surface area contributed by atoms with Gasteiger partial charge in [0.2, 0.25) is 0 Å².